The summed E-state index contributed by atoms with van der Waals surface area (Å²) in [6, 6.07) is 5.51. The second-order valence-corrected chi connectivity index (χ2v) is 9.48. The lowest BCUT2D eigenvalue weighted by atomic mass is 9.71. The Morgan fingerprint density at radius 3 is 2.39 bits per heavy atom. The molecular weight excluding hydrogens is 402 g/mol. The monoisotopic (exact) mass is 423 g/mol. The fraction of sp³-hybridized carbons (Fsp3) is 0.562. The summed E-state index contributed by atoms with van der Waals surface area (Å²) >= 11 is 3.46. The van der Waals surface area contributed by atoms with E-state index in [1.54, 1.807) is 6.07 Å². The number of rotatable bonds is 4. The summed E-state index contributed by atoms with van der Waals surface area (Å²) in [4.78, 5) is 12.1. The Bertz CT molecular complexity index is 612. The molecule has 1 unspecified atom stereocenters. The van der Waals surface area contributed by atoms with Crippen molar-refractivity contribution in [2.45, 2.75) is 50.3 Å². The number of halogens is 2. The highest BCUT2D eigenvalue weighted by Gasteiger charge is 2.44. The number of esters is 1. The third-order valence-corrected chi connectivity index (χ3v) is 6.14. The van der Waals surface area contributed by atoms with Gasteiger partial charge in [-0.15, -0.1) is 12.4 Å². The van der Waals surface area contributed by atoms with Gasteiger partial charge in [0.05, 0.1) is 33.9 Å². The molecule has 0 aromatic heterocycles. The van der Waals surface area contributed by atoms with Crippen LogP contribution in [0.2, 0.25) is 0 Å². The topological polar surface area (TPSA) is 55.4 Å². The van der Waals surface area contributed by atoms with Crippen LogP contribution in [0.25, 0.3) is 0 Å². The van der Waals surface area contributed by atoms with Crippen LogP contribution < -0.4 is 4.72 Å². The maximum atomic E-state index is 12.6. The molecule has 1 aliphatic rings. The van der Waals surface area contributed by atoms with Gasteiger partial charge in [0.25, 0.3) is 0 Å². The van der Waals surface area contributed by atoms with Crippen LogP contribution in [0.3, 0.4) is 0 Å². The minimum atomic E-state index is -1.20. The third kappa shape index (κ3) is 4.35. The first-order chi connectivity index (χ1) is 10.2. The molecule has 1 aromatic carbocycles. The highest BCUT2D eigenvalue weighted by molar-refractivity contribution is 9.10. The molecule has 0 radical (unpaired) electrons. The molecule has 0 spiro atoms. The van der Waals surface area contributed by atoms with Gasteiger partial charge >= 0.3 is 5.97 Å². The van der Waals surface area contributed by atoms with Gasteiger partial charge in [0.1, 0.15) is 0 Å². The molecular formula is C16H23BrClNO3S. The largest absolute Gasteiger partial charge is 0.465 e. The average Bonchev–Trinajstić information content (AvgIpc) is 2.40. The van der Waals surface area contributed by atoms with Gasteiger partial charge in [0.2, 0.25) is 0 Å². The summed E-state index contributed by atoms with van der Waals surface area (Å²) in [5.41, 5.74) is 0.965. The van der Waals surface area contributed by atoms with E-state index in [0.29, 0.717) is 5.56 Å². The van der Waals surface area contributed by atoms with Crippen LogP contribution in [0.5, 0.6) is 0 Å². The summed E-state index contributed by atoms with van der Waals surface area (Å²) in [5.74, 6) is -0.364. The predicted octanol–water partition coefficient (Wildman–Crippen LogP) is 4.09. The summed E-state index contributed by atoms with van der Waals surface area (Å²) in [7, 11) is 0.174. The molecule has 0 bridgehead atoms. The summed E-state index contributed by atoms with van der Waals surface area (Å²) < 4.78 is 21.3. The Hall–Kier alpha value is -0.430. The molecule has 0 amide bonds. The number of methoxy groups -OCH3 is 1. The van der Waals surface area contributed by atoms with Gasteiger partial charge in [-0.1, -0.05) is 15.9 Å². The van der Waals surface area contributed by atoms with E-state index in [1.165, 1.54) is 7.11 Å². The summed E-state index contributed by atoms with van der Waals surface area (Å²) in [6.45, 7) is 5.81. The normalized spacial score (nSPS) is 17.6. The third-order valence-electron chi connectivity index (χ3n) is 3.95. The van der Waals surface area contributed by atoms with E-state index in [0.717, 1.165) is 29.3 Å². The fourth-order valence-corrected chi connectivity index (χ4v) is 3.82. The van der Waals surface area contributed by atoms with E-state index in [9.17, 15) is 9.00 Å². The van der Waals surface area contributed by atoms with E-state index < -0.39 is 16.5 Å². The Labute approximate surface area is 154 Å². The van der Waals surface area contributed by atoms with Gasteiger partial charge in [-0.3, -0.25) is 0 Å². The molecule has 0 heterocycles. The molecule has 4 nitrogen and oxygen atoms in total. The second kappa shape index (κ2) is 7.64. The maximum Gasteiger partial charge on any atom is 0.338 e. The minimum Gasteiger partial charge on any atom is -0.465 e. The van der Waals surface area contributed by atoms with Crippen molar-refractivity contribution in [2.24, 2.45) is 0 Å². The van der Waals surface area contributed by atoms with Crippen LogP contribution in [-0.2, 0) is 21.3 Å². The molecule has 1 atom stereocenters. The molecule has 0 saturated heterocycles. The van der Waals surface area contributed by atoms with Gasteiger partial charge < -0.3 is 4.74 Å². The van der Waals surface area contributed by atoms with Crippen LogP contribution in [0.15, 0.2) is 22.7 Å². The van der Waals surface area contributed by atoms with Crippen molar-refractivity contribution in [3.63, 3.8) is 0 Å². The van der Waals surface area contributed by atoms with Gasteiger partial charge in [-0.05, 0) is 63.8 Å². The number of carbonyl (C=O) groups is 1. The second-order valence-electron chi connectivity index (χ2n) is 6.60. The average molecular weight is 425 g/mol. The molecule has 1 aliphatic carbocycles. The zero-order chi connectivity index (χ0) is 16.5. The van der Waals surface area contributed by atoms with E-state index in [2.05, 4.69) is 20.7 Å². The van der Waals surface area contributed by atoms with Gasteiger partial charge in [-0.25, -0.2) is 13.7 Å². The van der Waals surface area contributed by atoms with Gasteiger partial charge in [0, 0.05) is 4.47 Å². The number of hydrogen-bond donors (Lipinski definition) is 1. The number of hydrogen-bond acceptors (Lipinski definition) is 3. The van der Waals surface area contributed by atoms with Crippen molar-refractivity contribution in [3.05, 3.63) is 33.8 Å². The van der Waals surface area contributed by atoms with Crippen LogP contribution in [0, 0.1) is 0 Å². The van der Waals surface area contributed by atoms with Crippen molar-refractivity contribution in [1.82, 2.24) is 4.72 Å². The van der Waals surface area contributed by atoms with E-state index in [4.69, 9.17) is 4.74 Å². The Morgan fingerprint density at radius 1 is 1.35 bits per heavy atom. The molecule has 1 aromatic rings. The Kier molecular flexibility index (Phi) is 6.84. The molecule has 7 heteroatoms. The van der Waals surface area contributed by atoms with Gasteiger partial charge in [0.15, 0.2) is 0 Å². The zero-order valence-electron chi connectivity index (χ0n) is 13.8. The van der Waals surface area contributed by atoms with E-state index >= 15 is 0 Å². The summed E-state index contributed by atoms with van der Waals surface area (Å²) in [5, 5.41) is 0. The van der Waals surface area contributed by atoms with Crippen molar-refractivity contribution in [1.29, 1.82) is 0 Å². The lowest BCUT2D eigenvalue weighted by molar-refractivity contribution is 0.0594. The lowest BCUT2D eigenvalue weighted by Crippen LogP contribution is -2.52. The smallest absolute Gasteiger partial charge is 0.338 e. The lowest BCUT2D eigenvalue weighted by Gasteiger charge is -2.44. The van der Waals surface area contributed by atoms with Crippen molar-refractivity contribution in [2.75, 3.05) is 7.11 Å². The quantitative estimate of drug-likeness (QED) is 0.741. The van der Waals surface area contributed by atoms with E-state index in [-0.39, 0.29) is 23.1 Å². The number of carbonyl (C=O) groups excluding carboxylic acids is 1. The molecule has 1 saturated carbocycles. The predicted molar refractivity (Wildman–Crippen MR) is 99.3 cm³/mol. The summed E-state index contributed by atoms with van der Waals surface area (Å²) in [6.07, 6.45) is 2.76. The maximum absolute atomic E-state index is 12.6. The van der Waals surface area contributed by atoms with Gasteiger partial charge in [-0.2, -0.15) is 0 Å². The number of ether oxygens (including phenoxy) is 1. The van der Waals surface area contributed by atoms with E-state index in [1.807, 2.05) is 32.9 Å². The molecule has 0 aliphatic heterocycles. The first-order valence-corrected chi connectivity index (χ1v) is 9.22. The number of nitrogens with one attached hydrogen (secondary N) is 1. The standard InChI is InChI=1S/C16H22BrNO3S.ClH/c1-15(2,3)22(20)18-16(8-5-9-16)13-10-11(17)6-7-12(13)14(19)21-4;/h6-7,10,18H,5,8-9H2,1-4H3;1H. The SMILES string of the molecule is COC(=O)c1ccc(Br)cc1C1(NS(=O)C(C)(C)C)CCC1.Cl. The Morgan fingerprint density at radius 2 is 1.96 bits per heavy atom. The highest BCUT2D eigenvalue weighted by atomic mass is 79.9. The van der Waals surface area contributed by atoms with Crippen LogP contribution in [-0.4, -0.2) is 22.0 Å². The Balaban J connectivity index is 0.00000264. The minimum absolute atomic E-state index is 0. The highest BCUT2D eigenvalue weighted by Crippen LogP contribution is 2.44. The van der Waals surface area contributed by atoms with Crippen LogP contribution >= 0.6 is 28.3 Å². The van der Waals surface area contributed by atoms with Crippen molar-refractivity contribution >= 4 is 45.3 Å². The van der Waals surface area contributed by atoms with Crippen molar-refractivity contribution in [3.8, 4) is 0 Å². The first-order valence-electron chi connectivity index (χ1n) is 7.28. The molecule has 1 fully saturated rings. The number of benzene rings is 1. The fourth-order valence-electron chi connectivity index (χ4n) is 2.49. The zero-order valence-corrected chi connectivity index (χ0v) is 17.0. The van der Waals surface area contributed by atoms with Crippen LogP contribution in [0.4, 0.5) is 0 Å². The molecule has 2 rings (SSSR count). The molecule has 1 N–H and O–H groups in total. The van der Waals surface area contributed by atoms with Crippen LogP contribution in [0.1, 0.15) is 56.0 Å². The molecule has 23 heavy (non-hydrogen) atoms. The molecule has 130 valence electrons. The van der Waals surface area contributed by atoms with Crippen molar-refractivity contribution < 1.29 is 13.7 Å². The first kappa shape index (κ1) is 20.6.